The van der Waals surface area contributed by atoms with Crippen LogP contribution >= 0.6 is 0 Å². The van der Waals surface area contributed by atoms with Crippen LogP contribution in [0.1, 0.15) is 33.1 Å². The van der Waals surface area contributed by atoms with Gasteiger partial charge in [0.25, 0.3) is 0 Å². The molecular formula is C13H25N3O2. The van der Waals surface area contributed by atoms with Crippen LogP contribution in [-0.4, -0.2) is 60.9 Å². The van der Waals surface area contributed by atoms with Crippen molar-refractivity contribution in [2.45, 2.75) is 33.1 Å². The Balaban J connectivity index is 2.36. The van der Waals surface area contributed by atoms with Crippen LogP contribution in [0.5, 0.6) is 0 Å². The third kappa shape index (κ3) is 5.04. The van der Waals surface area contributed by atoms with Gasteiger partial charge in [-0.2, -0.15) is 0 Å². The molecule has 1 heterocycles. The summed E-state index contributed by atoms with van der Waals surface area (Å²) in [5.74, 6) is 0.145. The quantitative estimate of drug-likeness (QED) is 0.750. The van der Waals surface area contributed by atoms with Crippen molar-refractivity contribution in [2.75, 3.05) is 39.3 Å². The Bertz CT molecular complexity index is 275. The summed E-state index contributed by atoms with van der Waals surface area (Å²) < 4.78 is 0. The third-order valence-electron chi connectivity index (χ3n) is 3.26. The number of hydrogen-bond acceptors (Lipinski definition) is 3. The Hall–Kier alpha value is -1.10. The average molecular weight is 255 g/mol. The van der Waals surface area contributed by atoms with Gasteiger partial charge in [-0.25, -0.2) is 0 Å². The van der Waals surface area contributed by atoms with Crippen LogP contribution in [0.4, 0.5) is 0 Å². The maximum Gasteiger partial charge on any atom is 0.236 e. The SMILES string of the molecule is CCNC(=O)CN(CC)CC(=O)N1CCCCC1. The van der Waals surface area contributed by atoms with Crippen molar-refractivity contribution in [2.24, 2.45) is 0 Å². The number of likely N-dealkylation sites (N-methyl/N-ethyl adjacent to an activating group) is 2. The van der Waals surface area contributed by atoms with Gasteiger partial charge in [0, 0.05) is 19.6 Å². The molecule has 0 aromatic carbocycles. The van der Waals surface area contributed by atoms with E-state index in [1.54, 1.807) is 0 Å². The number of nitrogens with zero attached hydrogens (tertiary/aromatic N) is 2. The Morgan fingerprint density at radius 2 is 1.78 bits per heavy atom. The summed E-state index contributed by atoms with van der Waals surface area (Å²) in [6.07, 6.45) is 3.43. The molecule has 0 unspecified atom stereocenters. The number of rotatable bonds is 6. The lowest BCUT2D eigenvalue weighted by atomic mass is 10.1. The van der Waals surface area contributed by atoms with E-state index >= 15 is 0 Å². The van der Waals surface area contributed by atoms with Crippen LogP contribution in [0.3, 0.4) is 0 Å². The number of hydrogen-bond donors (Lipinski definition) is 1. The van der Waals surface area contributed by atoms with E-state index in [2.05, 4.69) is 5.32 Å². The molecule has 1 N–H and O–H groups in total. The van der Waals surface area contributed by atoms with Crippen molar-refractivity contribution in [3.05, 3.63) is 0 Å². The first-order valence-corrected chi connectivity index (χ1v) is 6.94. The van der Waals surface area contributed by atoms with Crippen LogP contribution in [0.2, 0.25) is 0 Å². The molecule has 2 amide bonds. The number of nitrogens with one attached hydrogen (secondary N) is 1. The first-order valence-electron chi connectivity index (χ1n) is 6.94. The van der Waals surface area contributed by atoms with Crippen molar-refractivity contribution in [3.63, 3.8) is 0 Å². The predicted molar refractivity (Wildman–Crippen MR) is 71.2 cm³/mol. The largest absolute Gasteiger partial charge is 0.355 e. The van der Waals surface area contributed by atoms with Crippen LogP contribution in [0.25, 0.3) is 0 Å². The minimum atomic E-state index is -0.00852. The number of carbonyl (C=O) groups excluding carboxylic acids is 2. The molecule has 1 saturated heterocycles. The highest BCUT2D eigenvalue weighted by Crippen LogP contribution is 2.09. The molecule has 0 aliphatic carbocycles. The molecule has 1 fully saturated rings. The summed E-state index contributed by atoms with van der Waals surface area (Å²) in [7, 11) is 0. The lowest BCUT2D eigenvalue weighted by molar-refractivity contribution is -0.133. The van der Waals surface area contributed by atoms with Crippen molar-refractivity contribution in [3.8, 4) is 0 Å². The highest BCUT2D eigenvalue weighted by atomic mass is 16.2. The van der Waals surface area contributed by atoms with Gasteiger partial charge in [-0.15, -0.1) is 0 Å². The third-order valence-corrected chi connectivity index (χ3v) is 3.26. The highest BCUT2D eigenvalue weighted by molar-refractivity contribution is 5.81. The fourth-order valence-electron chi connectivity index (χ4n) is 2.17. The Kier molecular flexibility index (Phi) is 6.72. The van der Waals surface area contributed by atoms with Crippen LogP contribution in [0, 0.1) is 0 Å². The monoisotopic (exact) mass is 255 g/mol. The van der Waals surface area contributed by atoms with E-state index in [-0.39, 0.29) is 11.8 Å². The van der Waals surface area contributed by atoms with Crippen LogP contribution in [-0.2, 0) is 9.59 Å². The maximum atomic E-state index is 12.1. The molecule has 0 spiro atoms. The van der Waals surface area contributed by atoms with Crippen molar-refractivity contribution < 1.29 is 9.59 Å². The van der Waals surface area contributed by atoms with Gasteiger partial charge in [0.15, 0.2) is 0 Å². The molecule has 1 aliphatic heterocycles. The molecule has 5 nitrogen and oxygen atoms in total. The standard InChI is InChI=1S/C13H25N3O2/c1-3-14-12(17)10-15(4-2)11-13(18)16-8-6-5-7-9-16/h3-11H2,1-2H3,(H,14,17). The first-order chi connectivity index (χ1) is 8.67. The van der Waals surface area contributed by atoms with E-state index in [0.29, 0.717) is 19.6 Å². The zero-order valence-electron chi connectivity index (χ0n) is 11.6. The number of piperidine rings is 1. The van der Waals surface area contributed by atoms with Gasteiger partial charge in [0.05, 0.1) is 13.1 Å². The van der Waals surface area contributed by atoms with Gasteiger partial charge in [0.1, 0.15) is 0 Å². The van der Waals surface area contributed by atoms with Gasteiger partial charge in [-0.05, 0) is 32.7 Å². The summed E-state index contributed by atoms with van der Waals surface area (Å²) in [5, 5.41) is 2.76. The van der Waals surface area contributed by atoms with E-state index in [1.165, 1.54) is 6.42 Å². The van der Waals surface area contributed by atoms with Gasteiger partial charge < -0.3 is 10.2 Å². The molecule has 104 valence electrons. The second-order valence-corrected chi connectivity index (χ2v) is 4.70. The van der Waals surface area contributed by atoms with E-state index in [0.717, 1.165) is 32.5 Å². The fourth-order valence-corrected chi connectivity index (χ4v) is 2.17. The molecule has 0 saturated carbocycles. The van der Waals surface area contributed by atoms with Gasteiger partial charge in [-0.1, -0.05) is 6.92 Å². The zero-order valence-corrected chi connectivity index (χ0v) is 11.6. The van der Waals surface area contributed by atoms with E-state index in [1.807, 2.05) is 23.6 Å². The maximum absolute atomic E-state index is 12.1. The molecule has 18 heavy (non-hydrogen) atoms. The van der Waals surface area contributed by atoms with Gasteiger partial charge in [-0.3, -0.25) is 14.5 Å². The van der Waals surface area contributed by atoms with Crippen molar-refractivity contribution in [1.82, 2.24) is 15.1 Å². The molecule has 1 rings (SSSR count). The lowest BCUT2D eigenvalue weighted by Crippen LogP contribution is -2.45. The topological polar surface area (TPSA) is 52.7 Å². The fraction of sp³-hybridized carbons (Fsp3) is 0.846. The number of carbonyl (C=O) groups is 2. The highest BCUT2D eigenvalue weighted by Gasteiger charge is 2.19. The molecular weight excluding hydrogens is 230 g/mol. The van der Waals surface area contributed by atoms with E-state index in [9.17, 15) is 9.59 Å². The summed E-state index contributed by atoms with van der Waals surface area (Å²) in [6, 6.07) is 0. The summed E-state index contributed by atoms with van der Waals surface area (Å²) in [6.45, 7) is 7.63. The summed E-state index contributed by atoms with van der Waals surface area (Å²) in [4.78, 5) is 27.4. The molecule has 0 aromatic heterocycles. The summed E-state index contributed by atoms with van der Waals surface area (Å²) in [5.41, 5.74) is 0. The first kappa shape index (κ1) is 15.0. The van der Waals surface area contributed by atoms with Crippen LogP contribution in [0.15, 0.2) is 0 Å². The zero-order chi connectivity index (χ0) is 13.4. The molecule has 5 heteroatoms. The van der Waals surface area contributed by atoms with E-state index < -0.39 is 0 Å². The lowest BCUT2D eigenvalue weighted by Gasteiger charge is -2.29. The normalized spacial score (nSPS) is 15.8. The molecule has 0 aromatic rings. The Morgan fingerprint density at radius 3 is 2.33 bits per heavy atom. The van der Waals surface area contributed by atoms with Crippen molar-refractivity contribution >= 4 is 11.8 Å². The second kappa shape index (κ2) is 8.08. The molecule has 0 bridgehead atoms. The number of amides is 2. The van der Waals surface area contributed by atoms with Gasteiger partial charge in [0.2, 0.25) is 11.8 Å². The average Bonchev–Trinajstić information content (AvgIpc) is 2.39. The van der Waals surface area contributed by atoms with Gasteiger partial charge >= 0.3 is 0 Å². The molecule has 0 radical (unpaired) electrons. The summed E-state index contributed by atoms with van der Waals surface area (Å²) >= 11 is 0. The number of likely N-dealkylation sites (tertiary alicyclic amines) is 1. The smallest absolute Gasteiger partial charge is 0.236 e. The molecule has 1 aliphatic rings. The predicted octanol–water partition coefficient (Wildman–Crippen LogP) is 0.457. The Labute approximate surface area is 110 Å². The second-order valence-electron chi connectivity index (χ2n) is 4.70. The Morgan fingerprint density at radius 1 is 1.11 bits per heavy atom. The minimum Gasteiger partial charge on any atom is -0.355 e. The van der Waals surface area contributed by atoms with Crippen LogP contribution < -0.4 is 5.32 Å². The minimum absolute atomic E-state index is 0.00852. The van der Waals surface area contributed by atoms with Crippen molar-refractivity contribution in [1.29, 1.82) is 0 Å². The van der Waals surface area contributed by atoms with E-state index in [4.69, 9.17) is 0 Å². The molecule has 0 atom stereocenters.